The lowest BCUT2D eigenvalue weighted by Crippen LogP contribution is -2.33. The topological polar surface area (TPSA) is 41.1 Å². The first-order chi connectivity index (χ1) is 8.65. The Balaban J connectivity index is 1.70. The van der Waals surface area contributed by atoms with Crippen molar-refractivity contribution < 1.29 is 4.79 Å². The zero-order valence-corrected chi connectivity index (χ0v) is 11.5. The Hall–Kier alpha value is -0.770. The smallest absolute Gasteiger partial charge is 0.224 e. The van der Waals surface area contributed by atoms with E-state index in [1.165, 1.54) is 12.8 Å². The van der Waals surface area contributed by atoms with E-state index in [2.05, 4.69) is 10.6 Å². The molecular formula is C13H16Cl2N2O. The lowest BCUT2D eigenvalue weighted by atomic mass is 10.1. The van der Waals surface area contributed by atoms with Crippen molar-refractivity contribution in [2.45, 2.75) is 25.3 Å². The van der Waals surface area contributed by atoms with Crippen LogP contribution in [0.5, 0.6) is 0 Å². The van der Waals surface area contributed by atoms with E-state index in [1.807, 2.05) is 6.07 Å². The van der Waals surface area contributed by atoms with Gasteiger partial charge in [-0.25, -0.2) is 0 Å². The molecule has 2 rings (SSSR count). The first-order valence-corrected chi connectivity index (χ1v) is 6.85. The van der Waals surface area contributed by atoms with Crippen LogP contribution in [0.4, 0.5) is 0 Å². The molecule has 3 nitrogen and oxygen atoms in total. The van der Waals surface area contributed by atoms with E-state index < -0.39 is 0 Å². The van der Waals surface area contributed by atoms with Gasteiger partial charge >= 0.3 is 0 Å². The highest BCUT2D eigenvalue weighted by Gasteiger charge is 2.19. The average Bonchev–Trinajstić information content (AvgIpc) is 3.14. The minimum Gasteiger partial charge on any atom is -0.355 e. The monoisotopic (exact) mass is 286 g/mol. The largest absolute Gasteiger partial charge is 0.355 e. The van der Waals surface area contributed by atoms with Gasteiger partial charge in [0, 0.05) is 19.1 Å². The minimum atomic E-state index is 0.00554. The van der Waals surface area contributed by atoms with Gasteiger partial charge in [-0.05, 0) is 30.5 Å². The van der Waals surface area contributed by atoms with Crippen molar-refractivity contribution in [3.8, 4) is 0 Å². The van der Waals surface area contributed by atoms with Gasteiger partial charge < -0.3 is 10.6 Å². The summed E-state index contributed by atoms with van der Waals surface area (Å²) in [6, 6.07) is 5.93. The molecule has 98 valence electrons. The highest BCUT2D eigenvalue weighted by Crippen LogP contribution is 2.22. The van der Waals surface area contributed by atoms with Crippen LogP contribution in [-0.2, 0) is 11.2 Å². The number of nitrogens with one attached hydrogen (secondary N) is 2. The lowest BCUT2D eigenvalue weighted by Gasteiger charge is -2.06. The van der Waals surface area contributed by atoms with Crippen LogP contribution in [-0.4, -0.2) is 25.0 Å². The highest BCUT2D eigenvalue weighted by molar-refractivity contribution is 6.42. The van der Waals surface area contributed by atoms with Crippen LogP contribution in [0, 0.1) is 0 Å². The summed E-state index contributed by atoms with van der Waals surface area (Å²) < 4.78 is 0. The van der Waals surface area contributed by atoms with Crippen molar-refractivity contribution in [2.75, 3.05) is 13.1 Å². The van der Waals surface area contributed by atoms with E-state index in [9.17, 15) is 4.79 Å². The number of carbonyl (C=O) groups is 1. The second-order valence-electron chi connectivity index (χ2n) is 4.50. The van der Waals surface area contributed by atoms with Crippen LogP contribution in [0.15, 0.2) is 18.2 Å². The van der Waals surface area contributed by atoms with Crippen molar-refractivity contribution in [1.29, 1.82) is 0 Å². The predicted octanol–water partition coefficient (Wildman–Crippen LogP) is 2.40. The quantitative estimate of drug-likeness (QED) is 0.789. The van der Waals surface area contributed by atoms with Crippen LogP contribution in [0.3, 0.4) is 0 Å². The summed E-state index contributed by atoms with van der Waals surface area (Å²) in [6.07, 6.45) is 2.86. The molecule has 1 fully saturated rings. The number of amides is 1. The second kappa shape index (κ2) is 6.41. The van der Waals surface area contributed by atoms with Gasteiger partial charge in [0.1, 0.15) is 0 Å². The molecule has 0 unspecified atom stereocenters. The Morgan fingerprint density at radius 3 is 2.67 bits per heavy atom. The SMILES string of the molecule is O=C(Cc1ccc(Cl)c(Cl)c1)NCCNC1CC1. The van der Waals surface area contributed by atoms with Gasteiger partial charge in [-0.15, -0.1) is 0 Å². The summed E-state index contributed by atoms with van der Waals surface area (Å²) in [5.41, 5.74) is 0.872. The minimum absolute atomic E-state index is 0.00554. The molecule has 0 radical (unpaired) electrons. The fraction of sp³-hybridized carbons (Fsp3) is 0.462. The molecule has 1 aromatic rings. The molecule has 2 N–H and O–H groups in total. The molecular weight excluding hydrogens is 271 g/mol. The van der Waals surface area contributed by atoms with Gasteiger partial charge in [0.25, 0.3) is 0 Å². The summed E-state index contributed by atoms with van der Waals surface area (Å²) in [5.74, 6) is 0.00554. The van der Waals surface area contributed by atoms with Crippen LogP contribution in [0.25, 0.3) is 0 Å². The first kappa shape index (κ1) is 13.7. The predicted molar refractivity (Wildman–Crippen MR) is 74.2 cm³/mol. The van der Waals surface area contributed by atoms with E-state index >= 15 is 0 Å². The number of carbonyl (C=O) groups excluding carboxylic acids is 1. The molecule has 0 spiro atoms. The maximum Gasteiger partial charge on any atom is 0.224 e. The highest BCUT2D eigenvalue weighted by atomic mass is 35.5. The van der Waals surface area contributed by atoms with Crippen LogP contribution in [0.2, 0.25) is 10.0 Å². The van der Waals surface area contributed by atoms with Crippen LogP contribution >= 0.6 is 23.2 Å². The van der Waals surface area contributed by atoms with E-state index in [1.54, 1.807) is 12.1 Å². The zero-order valence-electron chi connectivity index (χ0n) is 10.0. The average molecular weight is 287 g/mol. The number of halogens is 2. The molecule has 1 aromatic carbocycles. The lowest BCUT2D eigenvalue weighted by molar-refractivity contribution is -0.120. The molecule has 1 saturated carbocycles. The maximum atomic E-state index is 11.7. The fourth-order valence-electron chi connectivity index (χ4n) is 1.66. The molecule has 0 aliphatic heterocycles. The zero-order chi connectivity index (χ0) is 13.0. The fourth-order valence-corrected chi connectivity index (χ4v) is 1.98. The van der Waals surface area contributed by atoms with Crippen LogP contribution in [0.1, 0.15) is 18.4 Å². The van der Waals surface area contributed by atoms with Crippen molar-refractivity contribution in [1.82, 2.24) is 10.6 Å². The Kier molecular flexibility index (Phi) is 4.87. The van der Waals surface area contributed by atoms with Crippen molar-refractivity contribution in [3.63, 3.8) is 0 Å². The van der Waals surface area contributed by atoms with Crippen molar-refractivity contribution >= 4 is 29.1 Å². The second-order valence-corrected chi connectivity index (χ2v) is 5.32. The summed E-state index contributed by atoms with van der Waals surface area (Å²) in [7, 11) is 0. The van der Waals surface area contributed by atoms with Gasteiger partial charge in [0.05, 0.1) is 16.5 Å². The van der Waals surface area contributed by atoms with E-state index in [4.69, 9.17) is 23.2 Å². The van der Waals surface area contributed by atoms with Gasteiger partial charge in [-0.3, -0.25) is 4.79 Å². The molecule has 0 saturated heterocycles. The number of hydrogen-bond acceptors (Lipinski definition) is 2. The Morgan fingerprint density at radius 2 is 2.00 bits per heavy atom. The first-order valence-electron chi connectivity index (χ1n) is 6.09. The molecule has 0 heterocycles. The van der Waals surface area contributed by atoms with Crippen molar-refractivity contribution in [3.05, 3.63) is 33.8 Å². The third-order valence-corrected chi connectivity index (χ3v) is 3.55. The Bertz CT molecular complexity index is 433. The number of hydrogen-bond donors (Lipinski definition) is 2. The summed E-state index contributed by atoms with van der Waals surface area (Å²) in [4.78, 5) is 11.7. The van der Waals surface area contributed by atoms with Crippen LogP contribution < -0.4 is 10.6 Å². The Labute approximate surface area is 117 Å². The number of benzene rings is 1. The maximum absolute atomic E-state index is 11.7. The molecule has 18 heavy (non-hydrogen) atoms. The third-order valence-electron chi connectivity index (χ3n) is 2.81. The molecule has 1 aliphatic rings. The van der Waals surface area contributed by atoms with Gasteiger partial charge in [-0.1, -0.05) is 29.3 Å². The van der Waals surface area contributed by atoms with Gasteiger partial charge in [-0.2, -0.15) is 0 Å². The molecule has 0 atom stereocenters. The van der Waals surface area contributed by atoms with E-state index in [0.717, 1.165) is 12.1 Å². The van der Waals surface area contributed by atoms with E-state index in [-0.39, 0.29) is 5.91 Å². The molecule has 1 aliphatic carbocycles. The molecule has 0 bridgehead atoms. The summed E-state index contributed by atoms with van der Waals surface area (Å²) in [5, 5.41) is 7.20. The molecule has 1 amide bonds. The standard InChI is InChI=1S/C13H16Cl2N2O/c14-11-4-1-9(7-12(11)15)8-13(18)17-6-5-16-10-2-3-10/h1,4,7,10,16H,2-3,5-6,8H2,(H,17,18). The number of rotatable bonds is 6. The van der Waals surface area contributed by atoms with E-state index in [0.29, 0.717) is 29.1 Å². The molecule has 5 heteroatoms. The Morgan fingerprint density at radius 1 is 1.22 bits per heavy atom. The van der Waals surface area contributed by atoms with Gasteiger partial charge in [0.2, 0.25) is 5.91 Å². The normalized spacial score (nSPS) is 14.6. The third kappa shape index (κ3) is 4.48. The van der Waals surface area contributed by atoms with Crippen molar-refractivity contribution in [2.24, 2.45) is 0 Å². The molecule has 0 aromatic heterocycles. The summed E-state index contributed by atoms with van der Waals surface area (Å²) >= 11 is 11.7. The van der Waals surface area contributed by atoms with Gasteiger partial charge in [0.15, 0.2) is 0 Å². The summed E-state index contributed by atoms with van der Waals surface area (Å²) in [6.45, 7) is 1.49.